The van der Waals surface area contributed by atoms with Gasteiger partial charge in [0.25, 0.3) is 5.91 Å². The summed E-state index contributed by atoms with van der Waals surface area (Å²) in [5.74, 6) is 1.14. The number of aromatic nitrogens is 2. The SMILES string of the molecule is CN(CC1CCNCC1)C(=O)c1nccn1C. The molecule has 0 spiro atoms. The minimum absolute atomic E-state index is 0.0102. The van der Waals surface area contributed by atoms with E-state index in [1.807, 2.05) is 14.1 Å². The lowest BCUT2D eigenvalue weighted by atomic mass is 9.98. The zero-order chi connectivity index (χ0) is 12.3. The predicted molar refractivity (Wildman–Crippen MR) is 65.8 cm³/mol. The average Bonchev–Trinajstić information content (AvgIpc) is 2.76. The van der Waals surface area contributed by atoms with E-state index in [1.165, 1.54) is 0 Å². The number of carbonyl (C=O) groups excluding carboxylic acids is 1. The summed E-state index contributed by atoms with van der Waals surface area (Å²) >= 11 is 0. The fourth-order valence-electron chi connectivity index (χ4n) is 2.28. The van der Waals surface area contributed by atoms with Crippen LogP contribution in [-0.4, -0.2) is 47.0 Å². The molecule has 0 bridgehead atoms. The van der Waals surface area contributed by atoms with Gasteiger partial charge < -0.3 is 14.8 Å². The van der Waals surface area contributed by atoms with Crippen molar-refractivity contribution in [3.63, 3.8) is 0 Å². The third-order valence-corrected chi connectivity index (χ3v) is 3.35. The minimum atomic E-state index is 0.0102. The molecule has 1 N–H and O–H groups in total. The van der Waals surface area contributed by atoms with E-state index in [0.717, 1.165) is 32.5 Å². The number of imidazole rings is 1. The first-order chi connectivity index (χ1) is 8.18. The van der Waals surface area contributed by atoms with E-state index >= 15 is 0 Å². The van der Waals surface area contributed by atoms with Gasteiger partial charge in [-0.25, -0.2) is 4.98 Å². The lowest BCUT2D eigenvalue weighted by Gasteiger charge is -2.27. The van der Waals surface area contributed by atoms with E-state index in [0.29, 0.717) is 11.7 Å². The summed E-state index contributed by atoms with van der Waals surface area (Å²) in [6.45, 7) is 2.96. The maximum atomic E-state index is 12.1. The van der Waals surface area contributed by atoms with Gasteiger partial charge in [0.1, 0.15) is 0 Å². The lowest BCUT2D eigenvalue weighted by molar-refractivity contribution is 0.0747. The zero-order valence-corrected chi connectivity index (χ0v) is 10.5. The van der Waals surface area contributed by atoms with Crippen molar-refractivity contribution >= 4 is 5.91 Å². The largest absolute Gasteiger partial charge is 0.339 e. The topological polar surface area (TPSA) is 50.2 Å². The fraction of sp³-hybridized carbons (Fsp3) is 0.667. The van der Waals surface area contributed by atoms with Crippen LogP contribution in [-0.2, 0) is 7.05 Å². The van der Waals surface area contributed by atoms with Crippen molar-refractivity contribution in [1.29, 1.82) is 0 Å². The highest BCUT2D eigenvalue weighted by atomic mass is 16.2. The standard InChI is InChI=1S/C12H20N4O/c1-15-8-7-14-11(15)12(17)16(2)9-10-3-5-13-6-4-10/h7-8,10,13H,3-6,9H2,1-2H3. The molecule has 1 fully saturated rings. The van der Waals surface area contributed by atoms with Crippen LogP contribution in [0.5, 0.6) is 0 Å². The molecule has 1 aromatic rings. The minimum Gasteiger partial charge on any atom is -0.339 e. The molecule has 17 heavy (non-hydrogen) atoms. The van der Waals surface area contributed by atoms with E-state index < -0.39 is 0 Å². The van der Waals surface area contributed by atoms with Crippen LogP contribution in [0.1, 0.15) is 23.5 Å². The van der Waals surface area contributed by atoms with Gasteiger partial charge in [0.15, 0.2) is 5.82 Å². The maximum Gasteiger partial charge on any atom is 0.289 e. The molecular weight excluding hydrogens is 216 g/mol. The smallest absolute Gasteiger partial charge is 0.289 e. The Morgan fingerprint density at radius 2 is 2.29 bits per heavy atom. The monoisotopic (exact) mass is 236 g/mol. The molecule has 5 heteroatoms. The Morgan fingerprint density at radius 1 is 1.59 bits per heavy atom. The summed E-state index contributed by atoms with van der Waals surface area (Å²) in [7, 11) is 3.71. The molecule has 2 rings (SSSR count). The van der Waals surface area contributed by atoms with Gasteiger partial charge in [0, 0.05) is 33.0 Å². The highest BCUT2D eigenvalue weighted by Gasteiger charge is 2.20. The van der Waals surface area contributed by atoms with Crippen LogP contribution in [0.25, 0.3) is 0 Å². The Labute approximate surface area is 102 Å². The Bertz CT molecular complexity index is 382. The number of nitrogens with zero attached hydrogens (tertiary/aromatic N) is 3. The van der Waals surface area contributed by atoms with Gasteiger partial charge in [0.05, 0.1) is 0 Å². The zero-order valence-electron chi connectivity index (χ0n) is 10.5. The first-order valence-electron chi connectivity index (χ1n) is 6.12. The van der Waals surface area contributed by atoms with Crippen molar-refractivity contribution in [3.8, 4) is 0 Å². The number of hydrogen-bond donors (Lipinski definition) is 1. The third kappa shape index (κ3) is 2.85. The first-order valence-corrected chi connectivity index (χ1v) is 6.12. The summed E-state index contributed by atoms with van der Waals surface area (Å²) in [6, 6.07) is 0. The van der Waals surface area contributed by atoms with Gasteiger partial charge in [-0.3, -0.25) is 4.79 Å². The van der Waals surface area contributed by atoms with E-state index in [-0.39, 0.29) is 5.91 Å². The second-order valence-electron chi connectivity index (χ2n) is 4.74. The van der Waals surface area contributed by atoms with E-state index in [9.17, 15) is 4.79 Å². The first kappa shape index (κ1) is 12.1. The van der Waals surface area contributed by atoms with Crippen molar-refractivity contribution in [3.05, 3.63) is 18.2 Å². The fourth-order valence-corrected chi connectivity index (χ4v) is 2.28. The van der Waals surface area contributed by atoms with Gasteiger partial charge in [-0.1, -0.05) is 0 Å². The maximum absolute atomic E-state index is 12.1. The van der Waals surface area contributed by atoms with Crippen LogP contribution in [0.4, 0.5) is 0 Å². The molecule has 1 aromatic heterocycles. The number of piperidine rings is 1. The molecule has 0 radical (unpaired) electrons. The molecule has 0 unspecified atom stereocenters. The van der Waals surface area contributed by atoms with Crippen LogP contribution < -0.4 is 5.32 Å². The summed E-state index contributed by atoms with van der Waals surface area (Å²) in [4.78, 5) is 18.0. The van der Waals surface area contributed by atoms with Crippen LogP contribution in [0.2, 0.25) is 0 Å². The molecule has 1 aliphatic heterocycles. The number of nitrogens with one attached hydrogen (secondary N) is 1. The van der Waals surface area contributed by atoms with Crippen LogP contribution in [0.15, 0.2) is 12.4 Å². The molecule has 0 atom stereocenters. The van der Waals surface area contributed by atoms with E-state index in [1.54, 1.807) is 21.9 Å². The predicted octanol–water partition coefficient (Wildman–Crippen LogP) is 0.492. The molecule has 1 aliphatic rings. The lowest BCUT2D eigenvalue weighted by Crippen LogP contribution is -2.37. The summed E-state index contributed by atoms with van der Waals surface area (Å²) < 4.78 is 1.77. The number of amides is 1. The second-order valence-corrected chi connectivity index (χ2v) is 4.74. The van der Waals surface area contributed by atoms with Crippen molar-refractivity contribution in [1.82, 2.24) is 19.8 Å². The van der Waals surface area contributed by atoms with Gasteiger partial charge in [0.2, 0.25) is 0 Å². The molecule has 0 aliphatic carbocycles. The Morgan fingerprint density at radius 3 is 2.88 bits per heavy atom. The van der Waals surface area contributed by atoms with Gasteiger partial charge >= 0.3 is 0 Å². The van der Waals surface area contributed by atoms with Crippen molar-refractivity contribution in [2.45, 2.75) is 12.8 Å². The Hall–Kier alpha value is -1.36. The van der Waals surface area contributed by atoms with Crippen LogP contribution >= 0.6 is 0 Å². The highest BCUT2D eigenvalue weighted by molar-refractivity contribution is 5.90. The summed E-state index contributed by atoms with van der Waals surface area (Å²) in [5.41, 5.74) is 0. The number of aryl methyl sites for hydroxylation is 1. The number of hydrogen-bond acceptors (Lipinski definition) is 3. The molecule has 94 valence electrons. The highest BCUT2D eigenvalue weighted by Crippen LogP contribution is 2.13. The Kier molecular flexibility index (Phi) is 3.78. The van der Waals surface area contributed by atoms with Crippen molar-refractivity contribution in [2.75, 3.05) is 26.7 Å². The van der Waals surface area contributed by atoms with Crippen LogP contribution in [0, 0.1) is 5.92 Å². The average molecular weight is 236 g/mol. The van der Waals surface area contributed by atoms with Crippen LogP contribution in [0.3, 0.4) is 0 Å². The van der Waals surface area contributed by atoms with E-state index in [4.69, 9.17) is 0 Å². The molecule has 0 aromatic carbocycles. The summed E-state index contributed by atoms with van der Waals surface area (Å²) in [5, 5.41) is 3.33. The van der Waals surface area contributed by atoms with E-state index in [2.05, 4.69) is 10.3 Å². The van der Waals surface area contributed by atoms with Gasteiger partial charge in [-0.15, -0.1) is 0 Å². The van der Waals surface area contributed by atoms with Gasteiger partial charge in [-0.05, 0) is 31.8 Å². The van der Waals surface area contributed by atoms with Crippen molar-refractivity contribution < 1.29 is 4.79 Å². The molecule has 1 saturated heterocycles. The molecule has 1 amide bonds. The molecular formula is C12H20N4O. The van der Waals surface area contributed by atoms with Gasteiger partial charge in [-0.2, -0.15) is 0 Å². The third-order valence-electron chi connectivity index (χ3n) is 3.35. The number of carbonyl (C=O) groups is 1. The molecule has 2 heterocycles. The number of rotatable bonds is 3. The molecule has 0 saturated carbocycles. The molecule has 5 nitrogen and oxygen atoms in total. The second kappa shape index (κ2) is 5.31. The van der Waals surface area contributed by atoms with Crippen molar-refractivity contribution in [2.24, 2.45) is 13.0 Å². The Balaban J connectivity index is 1.93. The normalized spacial score (nSPS) is 17.1. The summed E-state index contributed by atoms with van der Waals surface area (Å²) in [6.07, 6.45) is 5.76. The quantitative estimate of drug-likeness (QED) is 0.831.